The Kier molecular flexibility index (Phi) is 12.6. The van der Waals surface area contributed by atoms with Crippen molar-refractivity contribution < 1.29 is 24.3 Å². The number of carboxylic acid groups (broad SMARTS) is 1. The van der Waals surface area contributed by atoms with Crippen molar-refractivity contribution in [3.8, 4) is 0 Å². The Hall–Kier alpha value is -4.13. The summed E-state index contributed by atoms with van der Waals surface area (Å²) in [5.74, 6) is -3.25. The SMILES string of the molecule is CC(C)CC(NC(=O)C(NC(=O)C(N)CCCN=C(N)N)C(C)C)C(=O)NC(Cc1c[nH]c2ccccc12)C(=O)O. The number of hydrogen-bond donors (Lipinski definition) is 8. The zero-order valence-electron chi connectivity index (χ0n) is 24.1. The first-order valence-corrected chi connectivity index (χ1v) is 13.8. The maximum atomic E-state index is 13.3. The van der Waals surface area contributed by atoms with Gasteiger partial charge in [-0.25, -0.2) is 4.79 Å². The summed E-state index contributed by atoms with van der Waals surface area (Å²) in [6.45, 7) is 7.61. The number of hydrogen-bond acceptors (Lipinski definition) is 6. The topological polar surface area (TPSA) is 231 Å². The second kappa shape index (κ2) is 15.6. The number of carboxylic acids is 1. The molecule has 13 heteroatoms. The molecule has 0 saturated carbocycles. The number of benzene rings is 1. The normalized spacial score (nSPS) is 14.2. The van der Waals surface area contributed by atoms with Gasteiger partial charge in [-0.2, -0.15) is 0 Å². The highest BCUT2D eigenvalue weighted by molar-refractivity contribution is 5.94. The molecule has 0 saturated heterocycles. The number of nitrogens with one attached hydrogen (secondary N) is 4. The Labute approximate surface area is 240 Å². The zero-order valence-corrected chi connectivity index (χ0v) is 24.1. The number of aliphatic carboxylic acids is 1. The van der Waals surface area contributed by atoms with Gasteiger partial charge in [0.2, 0.25) is 17.7 Å². The van der Waals surface area contributed by atoms with E-state index in [1.165, 1.54) is 0 Å². The number of guanidine groups is 1. The highest BCUT2D eigenvalue weighted by atomic mass is 16.4. The molecule has 226 valence electrons. The minimum absolute atomic E-state index is 0.00803. The fourth-order valence-electron chi connectivity index (χ4n) is 4.40. The van der Waals surface area contributed by atoms with Crippen LogP contribution in [0.25, 0.3) is 10.9 Å². The van der Waals surface area contributed by atoms with Crippen molar-refractivity contribution in [1.29, 1.82) is 0 Å². The van der Waals surface area contributed by atoms with Crippen LogP contribution in [0, 0.1) is 11.8 Å². The Morgan fingerprint density at radius 3 is 2.22 bits per heavy atom. The van der Waals surface area contributed by atoms with Gasteiger partial charge in [0.05, 0.1) is 6.04 Å². The number of aliphatic imine (C=N–C) groups is 1. The molecule has 0 aliphatic carbocycles. The number of amides is 3. The van der Waals surface area contributed by atoms with Crippen molar-refractivity contribution in [1.82, 2.24) is 20.9 Å². The first kappa shape index (κ1) is 33.1. The van der Waals surface area contributed by atoms with Gasteiger partial charge in [-0.3, -0.25) is 19.4 Å². The van der Waals surface area contributed by atoms with E-state index >= 15 is 0 Å². The molecule has 0 spiro atoms. The molecule has 0 aliphatic rings. The molecular formula is C28H44N8O5. The number of nitrogens with two attached hydrogens (primary N) is 3. The highest BCUT2D eigenvalue weighted by Gasteiger charge is 2.32. The number of H-pyrrole nitrogens is 1. The van der Waals surface area contributed by atoms with Crippen molar-refractivity contribution in [2.45, 2.75) is 77.5 Å². The molecule has 1 aromatic carbocycles. The Balaban J connectivity index is 2.10. The lowest BCUT2D eigenvalue weighted by Gasteiger charge is -2.27. The summed E-state index contributed by atoms with van der Waals surface area (Å²) in [4.78, 5) is 58.3. The van der Waals surface area contributed by atoms with E-state index in [1.54, 1.807) is 20.0 Å². The summed E-state index contributed by atoms with van der Waals surface area (Å²) in [6, 6.07) is 3.40. The van der Waals surface area contributed by atoms with E-state index < -0.39 is 47.9 Å². The number of para-hydroxylation sites is 1. The number of aromatic amines is 1. The summed E-state index contributed by atoms with van der Waals surface area (Å²) in [5.41, 5.74) is 18.2. The monoisotopic (exact) mass is 572 g/mol. The summed E-state index contributed by atoms with van der Waals surface area (Å²) in [7, 11) is 0. The molecule has 13 nitrogen and oxygen atoms in total. The standard InChI is InChI=1S/C28H44N8O5/c1-15(2)12-21(25(38)35-22(27(40)41)13-17-14-33-20-10-6-5-8-18(17)20)34-26(39)23(16(3)4)36-24(37)19(29)9-7-11-32-28(30)31/h5-6,8,10,14-16,19,21-23,33H,7,9,11-13,29H2,1-4H3,(H,34,39)(H,35,38)(H,36,37)(H,40,41)(H4,30,31,32). The number of nitrogens with zero attached hydrogens (tertiary/aromatic N) is 1. The van der Waals surface area contributed by atoms with Crippen molar-refractivity contribution in [2.24, 2.45) is 34.0 Å². The summed E-state index contributed by atoms with van der Waals surface area (Å²) < 4.78 is 0. The fourth-order valence-corrected chi connectivity index (χ4v) is 4.40. The molecule has 0 aliphatic heterocycles. The zero-order chi connectivity index (χ0) is 30.7. The lowest BCUT2D eigenvalue weighted by molar-refractivity contribution is -0.142. The van der Waals surface area contributed by atoms with Gasteiger partial charge in [-0.15, -0.1) is 0 Å². The van der Waals surface area contributed by atoms with Crippen molar-refractivity contribution in [3.63, 3.8) is 0 Å². The molecule has 0 bridgehead atoms. The predicted octanol–water partition coefficient (Wildman–Crippen LogP) is 0.332. The minimum Gasteiger partial charge on any atom is -0.480 e. The number of carbonyl (C=O) groups excluding carboxylic acids is 3. The number of carbonyl (C=O) groups is 4. The van der Waals surface area contributed by atoms with E-state index in [1.807, 2.05) is 38.1 Å². The molecule has 41 heavy (non-hydrogen) atoms. The van der Waals surface area contributed by atoms with Crippen LogP contribution in [0.15, 0.2) is 35.5 Å². The Morgan fingerprint density at radius 1 is 0.951 bits per heavy atom. The summed E-state index contributed by atoms with van der Waals surface area (Å²) >= 11 is 0. The second-order valence-corrected chi connectivity index (χ2v) is 10.9. The third-order valence-electron chi connectivity index (χ3n) is 6.60. The van der Waals surface area contributed by atoms with Gasteiger partial charge in [0.1, 0.15) is 18.1 Å². The third-order valence-corrected chi connectivity index (χ3v) is 6.60. The van der Waals surface area contributed by atoms with Gasteiger partial charge in [-0.05, 0) is 42.7 Å². The third kappa shape index (κ3) is 10.4. The molecule has 4 atom stereocenters. The largest absolute Gasteiger partial charge is 0.480 e. The van der Waals surface area contributed by atoms with Crippen molar-refractivity contribution in [2.75, 3.05) is 6.54 Å². The molecule has 2 rings (SSSR count). The molecule has 2 aromatic rings. The first-order valence-electron chi connectivity index (χ1n) is 13.8. The number of aromatic nitrogens is 1. The van der Waals surface area contributed by atoms with E-state index in [4.69, 9.17) is 17.2 Å². The molecule has 11 N–H and O–H groups in total. The van der Waals surface area contributed by atoms with E-state index in [0.717, 1.165) is 16.5 Å². The van der Waals surface area contributed by atoms with Crippen LogP contribution in [0.2, 0.25) is 0 Å². The van der Waals surface area contributed by atoms with Crippen LogP contribution in [0.1, 0.15) is 52.5 Å². The average molecular weight is 573 g/mol. The minimum atomic E-state index is -1.22. The van der Waals surface area contributed by atoms with E-state index in [9.17, 15) is 24.3 Å². The van der Waals surface area contributed by atoms with Gasteiger partial charge in [-0.1, -0.05) is 45.9 Å². The van der Waals surface area contributed by atoms with Crippen molar-refractivity contribution >= 4 is 40.6 Å². The van der Waals surface area contributed by atoms with Gasteiger partial charge >= 0.3 is 5.97 Å². The summed E-state index contributed by atoms with van der Waals surface area (Å²) in [5, 5.41) is 18.7. The Bertz CT molecular complexity index is 1220. The van der Waals surface area contributed by atoms with Gasteiger partial charge in [0, 0.05) is 30.1 Å². The van der Waals surface area contributed by atoms with Crippen LogP contribution in [0.3, 0.4) is 0 Å². The van der Waals surface area contributed by atoms with Gasteiger partial charge < -0.3 is 43.2 Å². The Morgan fingerprint density at radius 2 is 1.61 bits per heavy atom. The maximum absolute atomic E-state index is 13.3. The van der Waals surface area contributed by atoms with Crippen LogP contribution in [-0.2, 0) is 25.6 Å². The highest BCUT2D eigenvalue weighted by Crippen LogP contribution is 2.19. The molecule has 3 amide bonds. The second-order valence-electron chi connectivity index (χ2n) is 10.9. The molecule has 4 unspecified atom stereocenters. The molecular weight excluding hydrogens is 528 g/mol. The lowest BCUT2D eigenvalue weighted by Crippen LogP contribution is -2.58. The molecule has 0 fully saturated rings. The van der Waals surface area contributed by atoms with Crippen LogP contribution >= 0.6 is 0 Å². The number of fused-ring (bicyclic) bond motifs is 1. The van der Waals surface area contributed by atoms with Crippen LogP contribution in [0.5, 0.6) is 0 Å². The van der Waals surface area contributed by atoms with Crippen LogP contribution in [0.4, 0.5) is 0 Å². The predicted molar refractivity (Wildman–Crippen MR) is 158 cm³/mol. The van der Waals surface area contributed by atoms with E-state index in [0.29, 0.717) is 19.4 Å². The van der Waals surface area contributed by atoms with Crippen LogP contribution < -0.4 is 33.2 Å². The van der Waals surface area contributed by atoms with Gasteiger partial charge in [0.15, 0.2) is 5.96 Å². The smallest absolute Gasteiger partial charge is 0.326 e. The van der Waals surface area contributed by atoms with Crippen molar-refractivity contribution in [3.05, 3.63) is 36.0 Å². The summed E-state index contributed by atoms with van der Waals surface area (Å²) in [6.07, 6.45) is 2.83. The quantitative estimate of drug-likeness (QED) is 0.0791. The van der Waals surface area contributed by atoms with Crippen LogP contribution in [-0.4, -0.2) is 70.5 Å². The molecule has 1 aromatic heterocycles. The molecule has 1 heterocycles. The molecule has 0 radical (unpaired) electrons. The lowest BCUT2D eigenvalue weighted by atomic mass is 9.98. The van der Waals surface area contributed by atoms with E-state index in [-0.39, 0.29) is 30.6 Å². The number of rotatable bonds is 16. The van der Waals surface area contributed by atoms with E-state index in [2.05, 4.69) is 25.9 Å². The fraction of sp³-hybridized carbons (Fsp3) is 0.536. The van der Waals surface area contributed by atoms with Gasteiger partial charge in [0.25, 0.3) is 0 Å². The maximum Gasteiger partial charge on any atom is 0.326 e. The first-order chi connectivity index (χ1) is 19.3. The average Bonchev–Trinajstić information content (AvgIpc) is 3.30.